The van der Waals surface area contributed by atoms with Gasteiger partial charge in [0.15, 0.2) is 5.82 Å². The zero-order valence-corrected chi connectivity index (χ0v) is 10.6. The van der Waals surface area contributed by atoms with Crippen LogP contribution in [0, 0.1) is 0 Å². The van der Waals surface area contributed by atoms with Gasteiger partial charge in [-0.25, -0.2) is 13.5 Å². The van der Waals surface area contributed by atoms with Crippen molar-refractivity contribution in [3.05, 3.63) is 34.9 Å². The molecule has 0 bridgehead atoms. The van der Waals surface area contributed by atoms with Crippen molar-refractivity contribution in [2.45, 2.75) is 11.4 Å². The number of nitrogens with two attached hydrogens (primary N) is 1. The zero-order chi connectivity index (χ0) is 13.9. The van der Waals surface area contributed by atoms with Gasteiger partial charge in [0.25, 0.3) is 15.6 Å². The Bertz CT molecular complexity index is 699. The second-order valence-electron chi connectivity index (χ2n) is 3.64. The van der Waals surface area contributed by atoms with Gasteiger partial charge in [0.1, 0.15) is 4.90 Å². The molecule has 19 heavy (non-hydrogen) atoms. The number of nitrogens with zero attached hydrogens (tertiary/aromatic N) is 3. The van der Waals surface area contributed by atoms with E-state index in [4.69, 9.17) is 5.73 Å². The molecule has 2 aromatic heterocycles. The third-order valence-electron chi connectivity index (χ3n) is 2.20. The van der Waals surface area contributed by atoms with Gasteiger partial charge < -0.3 is 5.73 Å². The zero-order valence-electron chi connectivity index (χ0n) is 9.78. The van der Waals surface area contributed by atoms with Crippen molar-refractivity contribution in [1.82, 2.24) is 20.0 Å². The van der Waals surface area contributed by atoms with Gasteiger partial charge in [-0.1, -0.05) is 0 Å². The number of rotatable bonds is 5. The SMILES string of the molecule is NCCn1cc(S(=O)(=O)Nc2ccc(=O)[nH]n2)cn1. The lowest BCUT2D eigenvalue weighted by molar-refractivity contribution is 0.599. The molecule has 102 valence electrons. The summed E-state index contributed by atoms with van der Waals surface area (Å²) in [5.41, 5.74) is 4.93. The lowest BCUT2D eigenvalue weighted by atomic mass is 10.5. The van der Waals surface area contributed by atoms with E-state index in [-0.39, 0.29) is 10.7 Å². The van der Waals surface area contributed by atoms with E-state index < -0.39 is 15.6 Å². The molecule has 0 aromatic carbocycles. The minimum atomic E-state index is -3.78. The molecule has 10 heteroatoms. The van der Waals surface area contributed by atoms with Crippen LogP contribution in [0.2, 0.25) is 0 Å². The quantitative estimate of drug-likeness (QED) is 0.626. The predicted octanol–water partition coefficient (Wildman–Crippen LogP) is -1.27. The number of aromatic nitrogens is 4. The number of H-pyrrole nitrogens is 1. The Balaban J connectivity index is 2.21. The van der Waals surface area contributed by atoms with E-state index in [9.17, 15) is 13.2 Å². The Morgan fingerprint density at radius 1 is 1.42 bits per heavy atom. The highest BCUT2D eigenvalue weighted by Crippen LogP contribution is 2.11. The molecule has 0 radical (unpaired) electrons. The molecular weight excluding hydrogens is 272 g/mol. The van der Waals surface area contributed by atoms with Gasteiger partial charge in [-0.3, -0.25) is 14.2 Å². The highest BCUT2D eigenvalue weighted by molar-refractivity contribution is 7.92. The van der Waals surface area contributed by atoms with Crippen LogP contribution in [0.1, 0.15) is 0 Å². The summed E-state index contributed by atoms with van der Waals surface area (Å²) in [5, 5.41) is 9.55. The van der Waals surface area contributed by atoms with Crippen molar-refractivity contribution in [3.8, 4) is 0 Å². The summed E-state index contributed by atoms with van der Waals surface area (Å²) in [6.45, 7) is 0.780. The first kappa shape index (κ1) is 13.2. The second kappa shape index (κ2) is 5.20. The number of hydrogen-bond donors (Lipinski definition) is 3. The molecule has 4 N–H and O–H groups in total. The van der Waals surface area contributed by atoms with E-state index in [1.54, 1.807) is 0 Å². The third kappa shape index (κ3) is 3.17. The number of anilines is 1. The molecule has 0 saturated heterocycles. The molecule has 2 heterocycles. The van der Waals surface area contributed by atoms with E-state index in [0.717, 1.165) is 0 Å². The highest BCUT2D eigenvalue weighted by Gasteiger charge is 2.17. The van der Waals surface area contributed by atoms with E-state index in [1.807, 2.05) is 0 Å². The topological polar surface area (TPSA) is 136 Å². The summed E-state index contributed by atoms with van der Waals surface area (Å²) in [5.74, 6) is 0.0196. The largest absolute Gasteiger partial charge is 0.329 e. The molecule has 9 nitrogen and oxygen atoms in total. The average molecular weight is 284 g/mol. The van der Waals surface area contributed by atoms with Crippen LogP contribution >= 0.6 is 0 Å². The van der Waals surface area contributed by atoms with Gasteiger partial charge in [-0.05, 0) is 6.07 Å². The molecular formula is C9H12N6O3S. The van der Waals surface area contributed by atoms with Crippen molar-refractivity contribution in [2.24, 2.45) is 5.73 Å². The molecule has 0 aliphatic carbocycles. The maximum absolute atomic E-state index is 12.0. The molecule has 0 unspecified atom stereocenters. The number of sulfonamides is 1. The van der Waals surface area contributed by atoms with Crippen LogP contribution in [0.3, 0.4) is 0 Å². The highest BCUT2D eigenvalue weighted by atomic mass is 32.2. The second-order valence-corrected chi connectivity index (χ2v) is 5.32. The summed E-state index contributed by atoms with van der Waals surface area (Å²) in [6.07, 6.45) is 2.57. The fourth-order valence-corrected chi connectivity index (χ4v) is 2.29. The monoisotopic (exact) mass is 284 g/mol. The van der Waals surface area contributed by atoms with E-state index in [1.165, 1.54) is 29.2 Å². The maximum Gasteiger partial charge on any atom is 0.266 e. The van der Waals surface area contributed by atoms with Crippen molar-refractivity contribution >= 4 is 15.8 Å². The first-order chi connectivity index (χ1) is 9.01. The third-order valence-corrected chi connectivity index (χ3v) is 3.51. The minimum Gasteiger partial charge on any atom is -0.329 e. The summed E-state index contributed by atoms with van der Waals surface area (Å²) >= 11 is 0. The Morgan fingerprint density at radius 3 is 2.84 bits per heavy atom. The van der Waals surface area contributed by atoms with Crippen molar-refractivity contribution in [2.75, 3.05) is 11.3 Å². The lowest BCUT2D eigenvalue weighted by Crippen LogP contribution is -2.16. The molecule has 0 spiro atoms. The van der Waals surface area contributed by atoms with Crippen molar-refractivity contribution < 1.29 is 8.42 Å². The van der Waals surface area contributed by atoms with Crippen LogP contribution in [-0.4, -0.2) is 34.9 Å². The molecule has 2 rings (SSSR count). The van der Waals surface area contributed by atoms with Gasteiger partial charge in [0.05, 0.1) is 12.7 Å². The smallest absolute Gasteiger partial charge is 0.266 e. The van der Waals surface area contributed by atoms with Crippen LogP contribution in [0.25, 0.3) is 0 Å². The van der Waals surface area contributed by atoms with Crippen LogP contribution in [0.4, 0.5) is 5.82 Å². The number of hydrogen-bond acceptors (Lipinski definition) is 6. The Hall–Kier alpha value is -2.20. The molecule has 2 aromatic rings. The predicted molar refractivity (Wildman–Crippen MR) is 66.9 cm³/mol. The lowest BCUT2D eigenvalue weighted by Gasteiger charge is -2.03. The van der Waals surface area contributed by atoms with Crippen LogP contribution < -0.4 is 16.0 Å². The van der Waals surface area contributed by atoms with Crippen LogP contribution in [0.15, 0.2) is 34.2 Å². The average Bonchev–Trinajstić information content (AvgIpc) is 2.82. The molecule has 0 atom stereocenters. The summed E-state index contributed by atoms with van der Waals surface area (Å²) < 4.78 is 27.6. The normalized spacial score (nSPS) is 11.4. The van der Waals surface area contributed by atoms with E-state index in [2.05, 4.69) is 20.0 Å². The van der Waals surface area contributed by atoms with Crippen LogP contribution in [-0.2, 0) is 16.6 Å². The van der Waals surface area contributed by atoms with Gasteiger partial charge in [-0.15, -0.1) is 0 Å². The summed E-state index contributed by atoms with van der Waals surface area (Å²) in [6, 6.07) is 2.43. The summed E-state index contributed by atoms with van der Waals surface area (Å²) in [4.78, 5) is 10.8. The maximum atomic E-state index is 12.0. The van der Waals surface area contributed by atoms with E-state index in [0.29, 0.717) is 13.1 Å². The number of nitrogens with one attached hydrogen (secondary N) is 2. The fourth-order valence-electron chi connectivity index (χ4n) is 1.34. The van der Waals surface area contributed by atoms with Gasteiger partial charge >= 0.3 is 0 Å². The van der Waals surface area contributed by atoms with Crippen molar-refractivity contribution in [3.63, 3.8) is 0 Å². The Labute approximate surface area is 108 Å². The molecule has 0 amide bonds. The van der Waals surface area contributed by atoms with Crippen LogP contribution in [0.5, 0.6) is 0 Å². The van der Waals surface area contributed by atoms with Gasteiger partial charge in [-0.2, -0.15) is 10.2 Å². The van der Waals surface area contributed by atoms with Gasteiger partial charge in [0, 0.05) is 18.8 Å². The van der Waals surface area contributed by atoms with E-state index >= 15 is 0 Å². The first-order valence-electron chi connectivity index (χ1n) is 5.32. The van der Waals surface area contributed by atoms with Gasteiger partial charge in [0.2, 0.25) is 0 Å². The standard InChI is InChI=1S/C9H12N6O3S/c10-3-4-15-6-7(5-11-15)19(17,18)14-8-1-2-9(16)13-12-8/h1-2,5-6H,3-4,10H2,(H,12,14)(H,13,16). The molecule has 0 fully saturated rings. The fraction of sp³-hybridized carbons (Fsp3) is 0.222. The Kier molecular flexibility index (Phi) is 3.62. The summed E-state index contributed by atoms with van der Waals surface area (Å²) in [7, 11) is -3.78. The molecule has 0 saturated carbocycles. The Morgan fingerprint density at radius 2 is 2.21 bits per heavy atom. The number of aromatic amines is 1. The molecule has 0 aliphatic heterocycles. The van der Waals surface area contributed by atoms with Crippen molar-refractivity contribution in [1.29, 1.82) is 0 Å². The minimum absolute atomic E-state index is 0.00560. The molecule has 0 aliphatic rings. The first-order valence-corrected chi connectivity index (χ1v) is 6.80.